The summed E-state index contributed by atoms with van der Waals surface area (Å²) < 4.78 is 6.41. The maximum Gasteiger partial charge on any atom is 0.0663 e. The molecule has 0 aromatic carbocycles. The fourth-order valence-electron chi connectivity index (χ4n) is 5.74. The normalized spacial score (nSPS) is 44.3. The van der Waals surface area contributed by atoms with Gasteiger partial charge in [-0.15, -0.1) is 0 Å². The first-order chi connectivity index (χ1) is 8.49. The Hall–Kier alpha value is -0.0400. The average Bonchev–Trinajstić information content (AvgIpc) is 2.26. The molecule has 4 aliphatic rings. The van der Waals surface area contributed by atoms with Crippen LogP contribution in [0.3, 0.4) is 0 Å². The van der Waals surface area contributed by atoms with Gasteiger partial charge >= 0.3 is 0 Å². The molecule has 1 atom stereocenters. The minimum Gasteiger partial charge on any atom is -0.372 e. The van der Waals surface area contributed by atoms with Gasteiger partial charge in [0.05, 0.1) is 11.7 Å². The van der Waals surface area contributed by atoms with E-state index in [2.05, 4.69) is 27.7 Å². The lowest BCUT2D eigenvalue weighted by molar-refractivity contribution is -0.173. The fraction of sp³-hybridized carbons (Fsp3) is 1.00. The molecule has 0 aromatic rings. The maximum atomic E-state index is 6.41. The highest BCUT2D eigenvalue weighted by atomic mass is 16.5. The van der Waals surface area contributed by atoms with E-state index in [-0.39, 0.29) is 5.60 Å². The van der Waals surface area contributed by atoms with Crippen LogP contribution in [-0.2, 0) is 4.74 Å². The Kier molecular flexibility index (Phi) is 3.25. The van der Waals surface area contributed by atoms with Gasteiger partial charge in [0.15, 0.2) is 0 Å². The highest BCUT2D eigenvalue weighted by molar-refractivity contribution is 5.03. The van der Waals surface area contributed by atoms with E-state index in [9.17, 15) is 0 Å². The lowest BCUT2D eigenvalue weighted by atomic mass is 9.49. The van der Waals surface area contributed by atoms with Crippen LogP contribution in [0.1, 0.15) is 66.2 Å². The molecule has 0 radical (unpaired) electrons. The molecule has 4 rings (SSSR count). The zero-order valence-electron chi connectivity index (χ0n) is 12.6. The van der Waals surface area contributed by atoms with E-state index >= 15 is 0 Å². The van der Waals surface area contributed by atoms with Gasteiger partial charge in [-0.2, -0.15) is 0 Å². The summed E-state index contributed by atoms with van der Waals surface area (Å²) in [5.41, 5.74) is 0.0953. The molecule has 104 valence electrons. The SMILES string of the molecule is CCC(C)OC(C)(C)C1C2CC3CC(C2)CC1C3. The van der Waals surface area contributed by atoms with Crippen molar-refractivity contribution in [1.29, 1.82) is 0 Å². The summed E-state index contributed by atoms with van der Waals surface area (Å²) in [4.78, 5) is 0. The predicted molar refractivity (Wildman–Crippen MR) is 75.5 cm³/mol. The van der Waals surface area contributed by atoms with Crippen molar-refractivity contribution in [2.24, 2.45) is 29.6 Å². The summed E-state index contributed by atoms with van der Waals surface area (Å²) in [6.07, 6.45) is 9.12. The summed E-state index contributed by atoms with van der Waals surface area (Å²) >= 11 is 0. The van der Waals surface area contributed by atoms with E-state index in [4.69, 9.17) is 4.74 Å². The minimum atomic E-state index is 0.0953. The summed E-state index contributed by atoms with van der Waals surface area (Å²) in [7, 11) is 0. The van der Waals surface area contributed by atoms with E-state index in [0.29, 0.717) is 6.10 Å². The number of rotatable bonds is 4. The molecule has 18 heavy (non-hydrogen) atoms. The van der Waals surface area contributed by atoms with Crippen molar-refractivity contribution in [3.63, 3.8) is 0 Å². The predicted octanol–water partition coefficient (Wildman–Crippen LogP) is 4.65. The molecular formula is C17H30O. The second-order valence-corrected chi connectivity index (χ2v) is 7.90. The quantitative estimate of drug-likeness (QED) is 0.705. The van der Waals surface area contributed by atoms with Crippen molar-refractivity contribution < 1.29 is 4.74 Å². The Labute approximate surface area is 113 Å². The van der Waals surface area contributed by atoms with Gasteiger partial charge in [0.1, 0.15) is 0 Å². The third-order valence-electron chi connectivity index (χ3n) is 6.11. The topological polar surface area (TPSA) is 9.23 Å². The largest absolute Gasteiger partial charge is 0.372 e. The molecular weight excluding hydrogens is 220 g/mol. The van der Waals surface area contributed by atoms with E-state index in [1.165, 1.54) is 25.7 Å². The third kappa shape index (κ3) is 2.13. The van der Waals surface area contributed by atoms with Crippen molar-refractivity contribution in [3.05, 3.63) is 0 Å². The van der Waals surface area contributed by atoms with Crippen LogP contribution in [0.15, 0.2) is 0 Å². The molecule has 0 saturated heterocycles. The van der Waals surface area contributed by atoms with E-state index < -0.39 is 0 Å². The van der Waals surface area contributed by atoms with Gasteiger partial charge in [-0.25, -0.2) is 0 Å². The number of hydrogen-bond acceptors (Lipinski definition) is 1. The molecule has 0 spiro atoms. The zero-order valence-corrected chi connectivity index (χ0v) is 12.6. The summed E-state index contributed by atoms with van der Waals surface area (Å²) in [6, 6.07) is 0. The Balaban J connectivity index is 1.75. The Bertz CT molecular complexity index is 279. The van der Waals surface area contributed by atoms with Gasteiger partial charge in [0.2, 0.25) is 0 Å². The lowest BCUT2D eigenvalue weighted by Crippen LogP contribution is -2.54. The van der Waals surface area contributed by atoms with Crippen molar-refractivity contribution in [2.45, 2.75) is 77.9 Å². The molecule has 4 aliphatic carbocycles. The van der Waals surface area contributed by atoms with Gasteiger partial charge in [-0.3, -0.25) is 0 Å². The van der Waals surface area contributed by atoms with Gasteiger partial charge in [-0.1, -0.05) is 6.92 Å². The van der Waals surface area contributed by atoms with Crippen LogP contribution in [0, 0.1) is 29.6 Å². The molecule has 4 saturated carbocycles. The van der Waals surface area contributed by atoms with Crippen molar-refractivity contribution in [3.8, 4) is 0 Å². The highest BCUT2D eigenvalue weighted by Gasteiger charge is 2.53. The minimum absolute atomic E-state index is 0.0953. The van der Waals surface area contributed by atoms with Crippen LogP contribution in [0.5, 0.6) is 0 Å². The van der Waals surface area contributed by atoms with Crippen LogP contribution in [0.25, 0.3) is 0 Å². The maximum absolute atomic E-state index is 6.41. The molecule has 0 aromatic heterocycles. The van der Waals surface area contributed by atoms with Crippen LogP contribution in [0.4, 0.5) is 0 Å². The molecule has 0 aliphatic heterocycles. The number of hydrogen-bond donors (Lipinski definition) is 0. The highest BCUT2D eigenvalue weighted by Crippen LogP contribution is 2.59. The first-order valence-electron chi connectivity index (χ1n) is 8.17. The summed E-state index contributed by atoms with van der Waals surface area (Å²) in [6.45, 7) is 9.20. The Morgan fingerprint density at radius 1 is 1.00 bits per heavy atom. The molecule has 1 heteroatoms. The van der Waals surface area contributed by atoms with Crippen molar-refractivity contribution in [1.82, 2.24) is 0 Å². The summed E-state index contributed by atoms with van der Waals surface area (Å²) in [5.74, 6) is 4.92. The second-order valence-electron chi connectivity index (χ2n) is 7.90. The molecule has 0 N–H and O–H groups in total. The fourth-order valence-corrected chi connectivity index (χ4v) is 5.74. The van der Waals surface area contributed by atoms with E-state index in [1.54, 1.807) is 6.42 Å². The van der Waals surface area contributed by atoms with Crippen LogP contribution >= 0.6 is 0 Å². The van der Waals surface area contributed by atoms with Crippen LogP contribution < -0.4 is 0 Å². The molecule has 0 heterocycles. The van der Waals surface area contributed by atoms with Crippen molar-refractivity contribution in [2.75, 3.05) is 0 Å². The molecule has 0 amide bonds. The van der Waals surface area contributed by atoms with E-state index in [0.717, 1.165) is 36.0 Å². The molecule has 1 nitrogen and oxygen atoms in total. The van der Waals surface area contributed by atoms with Crippen LogP contribution in [-0.4, -0.2) is 11.7 Å². The van der Waals surface area contributed by atoms with Gasteiger partial charge in [0, 0.05) is 0 Å². The monoisotopic (exact) mass is 250 g/mol. The first kappa shape index (κ1) is 13.0. The smallest absolute Gasteiger partial charge is 0.0663 e. The first-order valence-corrected chi connectivity index (χ1v) is 8.17. The van der Waals surface area contributed by atoms with Gasteiger partial charge in [-0.05, 0) is 88.9 Å². The number of ether oxygens (including phenoxy) is 1. The zero-order chi connectivity index (χ0) is 12.9. The molecule has 1 unspecified atom stereocenters. The summed E-state index contributed by atoms with van der Waals surface area (Å²) in [5, 5.41) is 0. The van der Waals surface area contributed by atoms with E-state index in [1.807, 2.05) is 0 Å². The van der Waals surface area contributed by atoms with Crippen LogP contribution in [0.2, 0.25) is 0 Å². The lowest BCUT2D eigenvalue weighted by Gasteiger charge is -2.58. The molecule has 4 fully saturated rings. The second kappa shape index (κ2) is 4.51. The Morgan fingerprint density at radius 2 is 1.50 bits per heavy atom. The molecule has 4 bridgehead atoms. The standard InChI is InChI=1S/C17H30O/c1-5-11(2)18-17(3,4)16-14-7-12-6-13(9-14)10-15(16)8-12/h11-16H,5-10H2,1-4H3. The van der Waals surface area contributed by atoms with Gasteiger partial charge < -0.3 is 4.74 Å². The van der Waals surface area contributed by atoms with Crippen molar-refractivity contribution >= 4 is 0 Å². The third-order valence-corrected chi connectivity index (χ3v) is 6.11. The Morgan fingerprint density at radius 3 is 1.94 bits per heavy atom. The average molecular weight is 250 g/mol. The van der Waals surface area contributed by atoms with Gasteiger partial charge in [0.25, 0.3) is 0 Å².